The van der Waals surface area contributed by atoms with Gasteiger partial charge in [0.1, 0.15) is 5.82 Å². The molecule has 3 nitrogen and oxygen atoms in total. The van der Waals surface area contributed by atoms with Crippen molar-refractivity contribution in [3.63, 3.8) is 0 Å². The fraction of sp³-hybridized carbons (Fsp3) is 0.364. The molecule has 6 heteroatoms. The Morgan fingerprint density at radius 1 is 1.35 bits per heavy atom. The van der Waals surface area contributed by atoms with Gasteiger partial charge in [0, 0.05) is 12.1 Å². The van der Waals surface area contributed by atoms with E-state index in [-0.39, 0.29) is 16.8 Å². The van der Waals surface area contributed by atoms with E-state index in [1.807, 2.05) is 0 Å². The van der Waals surface area contributed by atoms with E-state index in [2.05, 4.69) is 10.6 Å². The molecule has 1 aliphatic carbocycles. The summed E-state index contributed by atoms with van der Waals surface area (Å²) in [7, 11) is 0. The van der Waals surface area contributed by atoms with Gasteiger partial charge in [-0.1, -0.05) is 11.6 Å². The monoisotopic (exact) mass is 260 g/mol. The normalized spacial score (nSPS) is 15.2. The number of urea groups is 1. The van der Waals surface area contributed by atoms with E-state index in [1.54, 1.807) is 0 Å². The van der Waals surface area contributed by atoms with Crippen LogP contribution in [0.3, 0.4) is 0 Å². The van der Waals surface area contributed by atoms with Crippen LogP contribution in [0.4, 0.5) is 19.3 Å². The number of anilines is 1. The minimum Gasteiger partial charge on any atom is -0.335 e. The molecule has 1 aromatic carbocycles. The van der Waals surface area contributed by atoms with Crippen LogP contribution in [0.1, 0.15) is 19.3 Å². The van der Waals surface area contributed by atoms with E-state index in [1.165, 1.54) is 0 Å². The Morgan fingerprint density at radius 3 is 2.59 bits per heavy atom. The molecule has 1 fully saturated rings. The summed E-state index contributed by atoms with van der Waals surface area (Å²) in [5, 5.41) is 4.79. The molecule has 0 atom stereocenters. The largest absolute Gasteiger partial charge is 0.335 e. The Hall–Kier alpha value is -1.36. The van der Waals surface area contributed by atoms with Gasteiger partial charge < -0.3 is 10.6 Å². The Balaban J connectivity index is 2.04. The molecule has 0 bridgehead atoms. The third kappa shape index (κ3) is 2.85. The number of carbonyl (C=O) groups is 1. The average molecular weight is 261 g/mol. The number of halogens is 3. The number of nitrogens with one attached hydrogen (secondary N) is 2. The lowest BCUT2D eigenvalue weighted by atomic mass is 9.93. The second-order valence-corrected chi connectivity index (χ2v) is 4.38. The van der Waals surface area contributed by atoms with Crippen molar-refractivity contribution in [1.82, 2.24) is 5.32 Å². The second-order valence-electron chi connectivity index (χ2n) is 3.97. The summed E-state index contributed by atoms with van der Waals surface area (Å²) in [6.45, 7) is 0. The van der Waals surface area contributed by atoms with Gasteiger partial charge in [-0.2, -0.15) is 0 Å². The number of hydrogen-bond acceptors (Lipinski definition) is 1. The Kier molecular flexibility index (Phi) is 3.47. The van der Waals surface area contributed by atoms with Crippen molar-refractivity contribution >= 4 is 23.3 Å². The molecule has 0 aliphatic heterocycles. The van der Waals surface area contributed by atoms with Gasteiger partial charge >= 0.3 is 6.03 Å². The van der Waals surface area contributed by atoms with Gasteiger partial charge in [-0.05, 0) is 25.3 Å². The Labute approximate surface area is 102 Å². The minimum atomic E-state index is -0.890. The van der Waals surface area contributed by atoms with Crippen molar-refractivity contribution in [2.75, 3.05) is 5.32 Å². The predicted molar refractivity (Wildman–Crippen MR) is 61.2 cm³/mol. The minimum absolute atomic E-state index is 0.136. The summed E-state index contributed by atoms with van der Waals surface area (Å²) in [5.41, 5.74) is -0.204. The first-order chi connectivity index (χ1) is 8.06. The molecule has 0 heterocycles. The first-order valence-corrected chi connectivity index (χ1v) is 5.66. The first-order valence-electron chi connectivity index (χ1n) is 5.28. The van der Waals surface area contributed by atoms with Crippen molar-refractivity contribution in [3.8, 4) is 0 Å². The Morgan fingerprint density at radius 2 is 2.06 bits per heavy atom. The highest BCUT2D eigenvalue weighted by atomic mass is 35.5. The molecule has 2 amide bonds. The topological polar surface area (TPSA) is 41.1 Å². The third-order valence-electron chi connectivity index (χ3n) is 2.69. The maximum absolute atomic E-state index is 13.3. The summed E-state index contributed by atoms with van der Waals surface area (Å²) >= 11 is 5.64. The summed E-state index contributed by atoms with van der Waals surface area (Å²) < 4.78 is 26.1. The van der Waals surface area contributed by atoms with Crippen molar-refractivity contribution in [2.24, 2.45) is 0 Å². The number of rotatable bonds is 2. The highest BCUT2D eigenvalue weighted by Crippen LogP contribution is 2.26. The average Bonchev–Trinajstić information content (AvgIpc) is 2.17. The summed E-state index contributed by atoms with van der Waals surface area (Å²) in [4.78, 5) is 11.5. The van der Waals surface area contributed by atoms with E-state index in [0.717, 1.165) is 25.3 Å². The van der Waals surface area contributed by atoms with Gasteiger partial charge in [0.05, 0.1) is 10.7 Å². The molecule has 2 N–H and O–H groups in total. The molecule has 1 saturated carbocycles. The van der Waals surface area contributed by atoms with Crippen LogP contribution in [-0.4, -0.2) is 12.1 Å². The molecule has 17 heavy (non-hydrogen) atoms. The highest BCUT2D eigenvalue weighted by Gasteiger charge is 2.20. The predicted octanol–water partition coefficient (Wildman–Crippen LogP) is 3.29. The zero-order valence-corrected chi connectivity index (χ0v) is 9.65. The van der Waals surface area contributed by atoms with Crippen molar-refractivity contribution < 1.29 is 13.6 Å². The van der Waals surface area contributed by atoms with Gasteiger partial charge in [-0.25, -0.2) is 13.6 Å². The third-order valence-corrected chi connectivity index (χ3v) is 2.98. The Bertz CT molecular complexity index is 426. The van der Waals surface area contributed by atoms with Gasteiger partial charge in [-0.15, -0.1) is 0 Å². The van der Waals surface area contributed by atoms with Crippen LogP contribution in [-0.2, 0) is 0 Å². The molecular formula is C11H11ClF2N2O. The van der Waals surface area contributed by atoms with E-state index in [4.69, 9.17) is 11.6 Å². The zero-order valence-electron chi connectivity index (χ0n) is 8.90. The molecule has 0 radical (unpaired) electrons. The lowest BCUT2D eigenvalue weighted by molar-refractivity contribution is 0.240. The number of benzene rings is 1. The van der Waals surface area contributed by atoms with Crippen molar-refractivity contribution in [2.45, 2.75) is 25.3 Å². The number of carbonyl (C=O) groups excluding carboxylic acids is 1. The van der Waals surface area contributed by atoms with Gasteiger partial charge in [0.15, 0.2) is 5.82 Å². The molecule has 1 aromatic rings. The molecule has 0 spiro atoms. The van der Waals surface area contributed by atoms with Crippen molar-refractivity contribution in [1.29, 1.82) is 0 Å². The fourth-order valence-electron chi connectivity index (χ4n) is 1.55. The molecule has 0 unspecified atom stereocenters. The van der Waals surface area contributed by atoms with Crippen molar-refractivity contribution in [3.05, 3.63) is 28.8 Å². The summed E-state index contributed by atoms with van der Waals surface area (Å²) in [5.74, 6) is -1.67. The van der Waals surface area contributed by atoms with Crippen LogP contribution in [0.2, 0.25) is 5.02 Å². The first kappa shape index (κ1) is 12.1. The zero-order chi connectivity index (χ0) is 12.4. The van der Waals surface area contributed by atoms with Crippen LogP contribution >= 0.6 is 11.6 Å². The molecule has 92 valence electrons. The maximum atomic E-state index is 13.3. The van der Waals surface area contributed by atoms with Crippen LogP contribution < -0.4 is 10.6 Å². The van der Waals surface area contributed by atoms with Crippen LogP contribution in [0.15, 0.2) is 12.1 Å². The molecule has 0 aromatic heterocycles. The van der Waals surface area contributed by atoms with Crippen LogP contribution in [0, 0.1) is 11.6 Å². The lowest BCUT2D eigenvalue weighted by Crippen LogP contribution is -2.42. The van der Waals surface area contributed by atoms with E-state index in [9.17, 15) is 13.6 Å². The SMILES string of the molecule is O=C(Nc1c(F)cc(F)cc1Cl)NC1CCC1. The molecular weight excluding hydrogens is 250 g/mol. The maximum Gasteiger partial charge on any atom is 0.319 e. The van der Waals surface area contributed by atoms with E-state index in [0.29, 0.717) is 6.07 Å². The fourth-order valence-corrected chi connectivity index (χ4v) is 1.79. The van der Waals surface area contributed by atoms with Gasteiger partial charge in [0.25, 0.3) is 0 Å². The smallest absolute Gasteiger partial charge is 0.319 e. The van der Waals surface area contributed by atoms with Gasteiger partial charge in [-0.3, -0.25) is 0 Å². The number of hydrogen-bond donors (Lipinski definition) is 2. The van der Waals surface area contributed by atoms with E-state index >= 15 is 0 Å². The molecule has 1 aliphatic rings. The summed E-state index contributed by atoms with van der Waals surface area (Å²) in [6, 6.07) is 1.23. The second kappa shape index (κ2) is 4.87. The van der Waals surface area contributed by atoms with Gasteiger partial charge in [0.2, 0.25) is 0 Å². The highest BCUT2D eigenvalue weighted by molar-refractivity contribution is 6.33. The quantitative estimate of drug-likeness (QED) is 0.842. The van der Waals surface area contributed by atoms with Crippen LogP contribution in [0.5, 0.6) is 0 Å². The lowest BCUT2D eigenvalue weighted by Gasteiger charge is -2.26. The number of amides is 2. The van der Waals surface area contributed by atoms with E-state index < -0.39 is 17.7 Å². The summed E-state index contributed by atoms with van der Waals surface area (Å²) in [6.07, 6.45) is 2.93. The molecule has 2 rings (SSSR count). The molecule has 0 saturated heterocycles. The van der Waals surface area contributed by atoms with Crippen LogP contribution in [0.25, 0.3) is 0 Å². The standard InChI is InChI=1S/C11H11ClF2N2O/c12-8-4-6(13)5-9(14)10(8)16-11(17)15-7-2-1-3-7/h4-5,7H,1-3H2,(H2,15,16,17).